The molecule has 0 saturated heterocycles. The Labute approximate surface area is 124 Å². The number of benzene rings is 1. The molecule has 5 heteroatoms. The zero-order valence-electron chi connectivity index (χ0n) is 12.2. The first-order valence-electron chi connectivity index (χ1n) is 6.81. The van der Waals surface area contributed by atoms with Gasteiger partial charge in [-0.25, -0.2) is 0 Å². The van der Waals surface area contributed by atoms with Crippen LogP contribution in [0.2, 0.25) is 0 Å². The lowest BCUT2D eigenvalue weighted by Gasteiger charge is -2.07. The SMILES string of the molecule is CCC(=O)Nc1ccc(NCc2cc(C#N)n(C)c2)cc1. The summed E-state index contributed by atoms with van der Waals surface area (Å²) in [7, 11) is 1.85. The van der Waals surface area contributed by atoms with Gasteiger partial charge in [0.25, 0.3) is 0 Å². The molecule has 2 N–H and O–H groups in total. The number of hydrogen-bond acceptors (Lipinski definition) is 3. The minimum atomic E-state index is 0.00373. The Hall–Kier alpha value is -2.74. The second-order valence-electron chi connectivity index (χ2n) is 4.79. The minimum absolute atomic E-state index is 0.00373. The van der Waals surface area contributed by atoms with Gasteiger partial charge < -0.3 is 15.2 Å². The third-order valence-electron chi connectivity index (χ3n) is 3.16. The van der Waals surface area contributed by atoms with E-state index in [2.05, 4.69) is 16.7 Å². The lowest BCUT2D eigenvalue weighted by Crippen LogP contribution is -2.09. The second-order valence-corrected chi connectivity index (χ2v) is 4.79. The topological polar surface area (TPSA) is 69.8 Å². The maximum absolute atomic E-state index is 11.3. The van der Waals surface area contributed by atoms with Crippen molar-refractivity contribution in [1.82, 2.24) is 4.57 Å². The number of nitrogens with zero attached hydrogens (tertiary/aromatic N) is 2. The van der Waals surface area contributed by atoms with Crippen LogP contribution < -0.4 is 10.6 Å². The molecule has 0 atom stereocenters. The molecular weight excluding hydrogens is 264 g/mol. The van der Waals surface area contributed by atoms with Gasteiger partial charge in [0.15, 0.2) is 0 Å². The molecule has 0 saturated carbocycles. The monoisotopic (exact) mass is 282 g/mol. The Bertz CT molecular complexity index is 665. The molecule has 21 heavy (non-hydrogen) atoms. The predicted molar refractivity (Wildman–Crippen MR) is 82.8 cm³/mol. The van der Waals surface area contributed by atoms with E-state index in [0.717, 1.165) is 16.9 Å². The van der Waals surface area contributed by atoms with Gasteiger partial charge in [0.1, 0.15) is 11.8 Å². The minimum Gasteiger partial charge on any atom is -0.381 e. The number of aryl methyl sites for hydroxylation is 1. The molecule has 1 aromatic heterocycles. The number of amides is 1. The van der Waals surface area contributed by atoms with E-state index >= 15 is 0 Å². The van der Waals surface area contributed by atoms with E-state index in [0.29, 0.717) is 18.7 Å². The molecule has 1 aromatic carbocycles. The van der Waals surface area contributed by atoms with E-state index in [1.165, 1.54) is 0 Å². The van der Waals surface area contributed by atoms with Crippen molar-refractivity contribution in [3.63, 3.8) is 0 Å². The van der Waals surface area contributed by atoms with Crippen molar-refractivity contribution in [1.29, 1.82) is 5.26 Å². The van der Waals surface area contributed by atoms with Crippen LogP contribution in [-0.4, -0.2) is 10.5 Å². The largest absolute Gasteiger partial charge is 0.381 e. The summed E-state index contributed by atoms with van der Waals surface area (Å²) in [6.45, 7) is 2.47. The average molecular weight is 282 g/mol. The third kappa shape index (κ3) is 3.86. The molecule has 0 bridgehead atoms. The lowest BCUT2D eigenvalue weighted by atomic mass is 10.2. The Morgan fingerprint density at radius 1 is 1.29 bits per heavy atom. The Morgan fingerprint density at radius 3 is 2.52 bits per heavy atom. The predicted octanol–water partition coefficient (Wildman–Crippen LogP) is 2.86. The number of hydrogen-bond donors (Lipinski definition) is 2. The van der Waals surface area contributed by atoms with Crippen LogP contribution in [0, 0.1) is 11.3 Å². The quantitative estimate of drug-likeness (QED) is 0.886. The summed E-state index contributed by atoms with van der Waals surface area (Å²) >= 11 is 0. The summed E-state index contributed by atoms with van der Waals surface area (Å²) in [5.41, 5.74) is 3.45. The van der Waals surface area contributed by atoms with Crippen LogP contribution in [-0.2, 0) is 18.4 Å². The average Bonchev–Trinajstić information content (AvgIpc) is 2.86. The van der Waals surface area contributed by atoms with Crippen LogP contribution in [0.25, 0.3) is 0 Å². The van der Waals surface area contributed by atoms with E-state index in [9.17, 15) is 4.79 Å². The van der Waals surface area contributed by atoms with Gasteiger partial charge >= 0.3 is 0 Å². The van der Waals surface area contributed by atoms with Crippen LogP contribution >= 0.6 is 0 Å². The van der Waals surface area contributed by atoms with Crippen molar-refractivity contribution in [2.45, 2.75) is 19.9 Å². The highest BCUT2D eigenvalue weighted by molar-refractivity contribution is 5.90. The summed E-state index contributed by atoms with van der Waals surface area (Å²) in [4.78, 5) is 11.3. The summed E-state index contributed by atoms with van der Waals surface area (Å²) < 4.78 is 1.81. The Kier molecular flexibility index (Phi) is 4.62. The van der Waals surface area contributed by atoms with Crippen molar-refractivity contribution in [2.24, 2.45) is 7.05 Å². The number of nitrogens with one attached hydrogen (secondary N) is 2. The summed E-state index contributed by atoms with van der Waals surface area (Å²) in [5, 5.41) is 15.0. The number of aromatic nitrogens is 1. The van der Waals surface area contributed by atoms with Gasteiger partial charge in [0.2, 0.25) is 5.91 Å². The first-order chi connectivity index (χ1) is 10.1. The number of carbonyl (C=O) groups is 1. The van der Waals surface area contributed by atoms with Gasteiger partial charge in [-0.1, -0.05) is 6.92 Å². The molecule has 2 aromatic rings. The first kappa shape index (κ1) is 14.7. The number of nitriles is 1. The highest BCUT2D eigenvalue weighted by Gasteiger charge is 2.02. The van der Waals surface area contributed by atoms with Crippen molar-refractivity contribution < 1.29 is 4.79 Å². The first-order valence-corrected chi connectivity index (χ1v) is 6.81. The Balaban J connectivity index is 1.94. The maximum Gasteiger partial charge on any atom is 0.224 e. The number of carbonyl (C=O) groups excluding carboxylic acids is 1. The molecule has 108 valence electrons. The fourth-order valence-corrected chi connectivity index (χ4v) is 1.97. The molecule has 0 fully saturated rings. The van der Waals surface area contributed by atoms with E-state index < -0.39 is 0 Å². The molecule has 0 unspecified atom stereocenters. The van der Waals surface area contributed by atoms with Crippen LogP contribution in [0.15, 0.2) is 36.5 Å². The van der Waals surface area contributed by atoms with E-state index in [1.807, 2.05) is 50.5 Å². The molecule has 1 amide bonds. The molecule has 0 aliphatic carbocycles. The van der Waals surface area contributed by atoms with Crippen LogP contribution in [0.5, 0.6) is 0 Å². The number of rotatable bonds is 5. The molecule has 0 aliphatic rings. The van der Waals surface area contributed by atoms with E-state index in [4.69, 9.17) is 5.26 Å². The van der Waals surface area contributed by atoms with Crippen molar-refractivity contribution in [2.75, 3.05) is 10.6 Å². The summed E-state index contributed by atoms with van der Waals surface area (Å²) in [5.74, 6) is 0.00373. The van der Waals surface area contributed by atoms with Gasteiger partial charge in [-0.15, -0.1) is 0 Å². The van der Waals surface area contributed by atoms with Gasteiger partial charge in [0, 0.05) is 37.6 Å². The lowest BCUT2D eigenvalue weighted by molar-refractivity contribution is -0.115. The smallest absolute Gasteiger partial charge is 0.224 e. The zero-order valence-corrected chi connectivity index (χ0v) is 12.2. The molecule has 0 radical (unpaired) electrons. The van der Waals surface area contributed by atoms with Gasteiger partial charge in [0.05, 0.1) is 0 Å². The normalized spacial score (nSPS) is 9.95. The maximum atomic E-state index is 11.3. The van der Waals surface area contributed by atoms with Crippen molar-refractivity contribution >= 4 is 17.3 Å². The summed E-state index contributed by atoms with van der Waals surface area (Å²) in [6.07, 6.45) is 2.40. The third-order valence-corrected chi connectivity index (χ3v) is 3.16. The van der Waals surface area contributed by atoms with Crippen molar-refractivity contribution in [3.05, 3.63) is 47.8 Å². The molecular formula is C16H18N4O. The van der Waals surface area contributed by atoms with Crippen molar-refractivity contribution in [3.8, 4) is 6.07 Å². The standard InChI is InChI=1S/C16H18N4O/c1-3-16(21)19-14-6-4-13(5-7-14)18-10-12-8-15(9-17)20(2)11-12/h4-8,11,18H,3,10H2,1-2H3,(H,19,21). The van der Waals surface area contributed by atoms with Crippen LogP contribution in [0.4, 0.5) is 11.4 Å². The van der Waals surface area contributed by atoms with Crippen LogP contribution in [0.1, 0.15) is 24.6 Å². The fraction of sp³-hybridized carbons (Fsp3) is 0.250. The summed E-state index contributed by atoms with van der Waals surface area (Å²) in [6, 6.07) is 11.6. The highest BCUT2D eigenvalue weighted by atomic mass is 16.1. The highest BCUT2D eigenvalue weighted by Crippen LogP contribution is 2.15. The zero-order chi connectivity index (χ0) is 15.2. The Morgan fingerprint density at radius 2 is 1.95 bits per heavy atom. The van der Waals surface area contributed by atoms with Gasteiger partial charge in [-0.2, -0.15) is 5.26 Å². The molecule has 0 aliphatic heterocycles. The van der Waals surface area contributed by atoms with Gasteiger partial charge in [-0.3, -0.25) is 4.79 Å². The van der Waals surface area contributed by atoms with Gasteiger partial charge in [-0.05, 0) is 35.9 Å². The van der Waals surface area contributed by atoms with Crippen LogP contribution in [0.3, 0.4) is 0 Å². The number of anilines is 2. The molecule has 0 spiro atoms. The second kappa shape index (κ2) is 6.62. The molecule has 1 heterocycles. The molecule has 5 nitrogen and oxygen atoms in total. The van der Waals surface area contributed by atoms with E-state index in [-0.39, 0.29) is 5.91 Å². The molecule has 2 rings (SSSR count). The fourth-order valence-electron chi connectivity index (χ4n) is 1.97. The van der Waals surface area contributed by atoms with E-state index in [1.54, 1.807) is 4.57 Å².